The molecule has 4 nitrogen and oxygen atoms in total. The minimum Gasteiger partial charge on any atom is -0.356 e. The number of guanidine groups is 1. The van der Waals surface area contributed by atoms with E-state index in [1.165, 1.54) is 16.7 Å². The summed E-state index contributed by atoms with van der Waals surface area (Å²) < 4.78 is 0. The van der Waals surface area contributed by atoms with Gasteiger partial charge in [0, 0.05) is 26.7 Å². The van der Waals surface area contributed by atoms with Crippen LogP contribution in [0.25, 0.3) is 0 Å². The van der Waals surface area contributed by atoms with Crippen LogP contribution in [0.1, 0.15) is 30.0 Å². The zero-order valence-electron chi connectivity index (χ0n) is 16.3. The summed E-state index contributed by atoms with van der Waals surface area (Å²) in [5.74, 6) is 0.856. The van der Waals surface area contributed by atoms with Gasteiger partial charge in [-0.1, -0.05) is 61.5 Å². The largest absolute Gasteiger partial charge is 0.356 e. The van der Waals surface area contributed by atoms with Crippen LogP contribution in [0.3, 0.4) is 0 Å². The van der Waals surface area contributed by atoms with Gasteiger partial charge in [0.15, 0.2) is 5.96 Å². The molecule has 2 aromatic rings. The van der Waals surface area contributed by atoms with Crippen LogP contribution < -0.4 is 10.6 Å². The van der Waals surface area contributed by atoms with Gasteiger partial charge in [-0.05, 0) is 43.1 Å². The molecular formula is C22H32N4. The van der Waals surface area contributed by atoms with E-state index in [1.807, 2.05) is 7.05 Å². The Hall–Kier alpha value is -2.33. The minimum atomic E-state index is 0.780. The fourth-order valence-corrected chi connectivity index (χ4v) is 2.81. The van der Waals surface area contributed by atoms with Crippen molar-refractivity contribution in [1.82, 2.24) is 15.5 Å². The van der Waals surface area contributed by atoms with Crippen molar-refractivity contribution in [3.63, 3.8) is 0 Å². The second kappa shape index (κ2) is 11.3. The van der Waals surface area contributed by atoms with Crippen molar-refractivity contribution in [3.8, 4) is 0 Å². The molecule has 0 heterocycles. The SMILES string of the molecule is CCN(C)Cc1cccc(CNC(=NC)NCCCc2ccccc2)c1. The van der Waals surface area contributed by atoms with E-state index in [0.29, 0.717) is 0 Å². The van der Waals surface area contributed by atoms with Gasteiger partial charge in [-0.25, -0.2) is 0 Å². The third-order valence-corrected chi connectivity index (χ3v) is 4.44. The lowest BCUT2D eigenvalue weighted by Crippen LogP contribution is -2.37. The molecule has 0 bridgehead atoms. The first-order valence-corrected chi connectivity index (χ1v) is 9.46. The van der Waals surface area contributed by atoms with Gasteiger partial charge in [0.2, 0.25) is 0 Å². The summed E-state index contributed by atoms with van der Waals surface area (Å²) in [5, 5.41) is 6.80. The van der Waals surface area contributed by atoms with E-state index in [9.17, 15) is 0 Å². The summed E-state index contributed by atoms with van der Waals surface area (Å²) in [4.78, 5) is 6.62. The van der Waals surface area contributed by atoms with Crippen LogP contribution in [-0.2, 0) is 19.5 Å². The Labute approximate surface area is 158 Å². The van der Waals surface area contributed by atoms with Crippen molar-refractivity contribution < 1.29 is 0 Å². The number of hydrogen-bond acceptors (Lipinski definition) is 2. The van der Waals surface area contributed by atoms with Crippen LogP contribution in [0, 0.1) is 0 Å². The molecule has 2 rings (SSSR count). The minimum absolute atomic E-state index is 0.780. The lowest BCUT2D eigenvalue weighted by atomic mass is 10.1. The molecule has 0 aliphatic carbocycles. The standard InChI is InChI=1S/C22H32N4/c1-4-26(3)18-21-13-8-12-20(16-21)17-25-22(23-2)24-15-9-14-19-10-6-5-7-11-19/h5-8,10-13,16H,4,9,14-15,17-18H2,1-3H3,(H2,23,24,25). The molecule has 0 radical (unpaired) electrons. The summed E-state index contributed by atoms with van der Waals surface area (Å²) in [6.07, 6.45) is 2.17. The van der Waals surface area contributed by atoms with E-state index in [1.54, 1.807) is 0 Å². The van der Waals surface area contributed by atoms with Crippen molar-refractivity contribution in [1.29, 1.82) is 0 Å². The highest BCUT2D eigenvalue weighted by Crippen LogP contribution is 2.07. The molecule has 2 N–H and O–H groups in total. The van der Waals surface area contributed by atoms with Crippen LogP contribution in [0.4, 0.5) is 0 Å². The Bertz CT molecular complexity index is 667. The molecule has 0 aliphatic rings. The lowest BCUT2D eigenvalue weighted by Gasteiger charge is -2.15. The van der Waals surface area contributed by atoms with Gasteiger partial charge in [0.05, 0.1) is 0 Å². The summed E-state index contributed by atoms with van der Waals surface area (Å²) >= 11 is 0. The monoisotopic (exact) mass is 352 g/mol. The molecule has 0 amide bonds. The van der Waals surface area contributed by atoms with E-state index >= 15 is 0 Å². The second-order valence-electron chi connectivity index (χ2n) is 6.59. The fraction of sp³-hybridized carbons (Fsp3) is 0.409. The van der Waals surface area contributed by atoms with Crippen LogP contribution in [0.5, 0.6) is 0 Å². The zero-order valence-corrected chi connectivity index (χ0v) is 16.3. The Morgan fingerprint density at radius 2 is 1.69 bits per heavy atom. The predicted molar refractivity (Wildman–Crippen MR) is 111 cm³/mol. The van der Waals surface area contributed by atoms with Crippen molar-refractivity contribution in [2.75, 3.05) is 27.2 Å². The normalized spacial score (nSPS) is 11.6. The number of hydrogen-bond donors (Lipinski definition) is 2. The van der Waals surface area contributed by atoms with Crippen molar-refractivity contribution in [3.05, 3.63) is 71.3 Å². The average Bonchev–Trinajstić information content (AvgIpc) is 2.68. The first kappa shape index (κ1) is 20.0. The maximum Gasteiger partial charge on any atom is 0.191 e. The summed E-state index contributed by atoms with van der Waals surface area (Å²) in [5.41, 5.74) is 4.00. The molecule has 0 saturated heterocycles. The zero-order chi connectivity index (χ0) is 18.6. The molecule has 2 aromatic carbocycles. The number of rotatable bonds is 9. The highest BCUT2D eigenvalue weighted by molar-refractivity contribution is 5.79. The van der Waals surface area contributed by atoms with Gasteiger partial charge in [-0.3, -0.25) is 4.99 Å². The molecule has 0 saturated carbocycles. The first-order valence-electron chi connectivity index (χ1n) is 9.46. The smallest absolute Gasteiger partial charge is 0.191 e. The fourth-order valence-electron chi connectivity index (χ4n) is 2.81. The van der Waals surface area contributed by atoms with Crippen LogP contribution in [0.15, 0.2) is 59.6 Å². The summed E-state index contributed by atoms with van der Waals surface area (Å²) in [6.45, 7) is 5.91. The van der Waals surface area contributed by atoms with Crippen molar-refractivity contribution >= 4 is 5.96 Å². The highest BCUT2D eigenvalue weighted by Gasteiger charge is 2.02. The number of aliphatic imine (C=N–C) groups is 1. The number of benzene rings is 2. The van der Waals surface area contributed by atoms with E-state index < -0.39 is 0 Å². The average molecular weight is 353 g/mol. The molecule has 0 aromatic heterocycles. The summed E-state index contributed by atoms with van der Waals surface area (Å²) in [6, 6.07) is 19.3. The first-order chi connectivity index (χ1) is 12.7. The Kier molecular flexibility index (Phi) is 8.70. The Morgan fingerprint density at radius 3 is 2.42 bits per heavy atom. The topological polar surface area (TPSA) is 39.7 Å². The number of nitrogens with one attached hydrogen (secondary N) is 2. The highest BCUT2D eigenvalue weighted by atomic mass is 15.2. The molecular weight excluding hydrogens is 320 g/mol. The summed E-state index contributed by atoms with van der Waals surface area (Å²) in [7, 11) is 3.96. The molecule has 4 heteroatoms. The molecule has 140 valence electrons. The maximum atomic E-state index is 4.32. The second-order valence-corrected chi connectivity index (χ2v) is 6.59. The van der Waals surface area contributed by atoms with Gasteiger partial charge in [-0.15, -0.1) is 0 Å². The predicted octanol–water partition coefficient (Wildman–Crippen LogP) is 3.44. The maximum absolute atomic E-state index is 4.32. The van der Waals surface area contributed by atoms with Gasteiger partial charge in [0.1, 0.15) is 0 Å². The quantitative estimate of drug-likeness (QED) is 0.413. The number of nitrogens with zero attached hydrogens (tertiary/aromatic N) is 2. The third-order valence-electron chi connectivity index (χ3n) is 4.44. The van der Waals surface area contributed by atoms with Crippen molar-refractivity contribution in [2.45, 2.75) is 32.9 Å². The Balaban J connectivity index is 1.73. The van der Waals surface area contributed by atoms with Crippen LogP contribution >= 0.6 is 0 Å². The molecule has 0 aliphatic heterocycles. The van der Waals surface area contributed by atoms with E-state index in [-0.39, 0.29) is 0 Å². The van der Waals surface area contributed by atoms with E-state index in [2.05, 4.69) is 89.1 Å². The van der Waals surface area contributed by atoms with Crippen LogP contribution in [-0.4, -0.2) is 38.0 Å². The molecule has 0 atom stereocenters. The third kappa shape index (κ3) is 7.28. The van der Waals surface area contributed by atoms with Crippen LogP contribution in [0.2, 0.25) is 0 Å². The molecule has 0 unspecified atom stereocenters. The van der Waals surface area contributed by atoms with Crippen molar-refractivity contribution in [2.24, 2.45) is 4.99 Å². The van der Waals surface area contributed by atoms with Gasteiger partial charge in [0.25, 0.3) is 0 Å². The number of aryl methyl sites for hydroxylation is 1. The van der Waals surface area contributed by atoms with Gasteiger partial charge < -0.3 is 15.5 Å². The lowest BCUT2D eigenvalue weighted by molar-refractivity contribution is 0.345. The van der Waals surface area contributed by atoms with Gasteiger partial charge >= 0.3 is 0 Å². The van der Waals surface area contributed by atoms with E-state index in [0.717, 1.165) is 45.0 Å². The Morgan fingerprint density at radius 1 is 0.962 bits per heavy atom. The van der Waals surface area contributed by atoms with Gasteiger partial charge in [-0.2, -0.15) is 0 Å². The molecule has 26 heavy (non-hydrogen) atoms. The molecule has 0 spiro atoms. The van der Waals surface area contributed by atoms with E-state index in [4.69, 9.17) is 0 Å². The molecule has 0 fully saturated rings.